The number of rotatable bonds is 2. The maximum absolute atomic E-state index is 13.4. The Kier molecular flexibility index (Phi) is 3.17. The van der Waals surface area contributed by atoms with Crippen molar-refractivity contribution in [3.8, 4) is 0 Å². The summed E-state index contributed by atoms with van der Waals surface area (Å²) in [4.78, 5) is 11.1. The quantitative estimate of drug-likeness (QED) is 0.811. The molecule has 0 radical (unpaired) electrons. The number of halogens is 2. The van der Waals surface area contributed by atoms with Gasteiger partial charge in [0.05, 0.1) is 12.1 Å². The summed E-state index contributed by atoms with van der Waals surface area (Å²) in [5.41, 5.74) is 5.62. The maximum Gasteiger partial charge on any atom is 0.179 e. The van der Waals surface area contributed by atoms with E-state index in [4.69, 9.17) is 5.73 Å². The van der Waals surface area contributed by atoms with Gasteiger partial charge in [0, 0.05) is 4.47 Å². The molecule has 13 heavy (non-hydrogen) atoms. The first-order valence-electron chi connectivity index (χ1n) is 3.75. The number of hydrogen-bond donors (Lipinski definition) is 1. The average molecular weight is 246 g/mol. The van der Waals surface area contributed by atoms with E-state index >= 15 is 0 Å². The van der Waals surface area contributed by atoms with Gasteiger partial charge in [-0.1, -0.05) is 15.9 Å². The molecule has 0 saturated heterocycles. The molecule has 1 rings (SSSR count). The first kappa shape index (κ1) is 10.3. The van der Waals surface area contributed by atoms with Crippen molar-refractivity contribution in [2.45, 2.75) is 6.92 Å². The van der Waals surface area contributed by atoms with Crippen LogP contribution in [0.3, 0.4) is 0 Å². The van der Waals surface area contributed by atoms with Gasteiger partial charge in [0.25, 0.3) is 0 Å². The van der Waals surface area contributed by atoms with Gasteiger partial charge in [-0.25, -0.2) is 4.39 Å². The number of carbonyl (C=O) groups excluding carboxylic acids is 1. The topological polar surface area (TPSA) is 43.1 Å². The molecule has 0 heterocycles. The standard InChI is InChI=1S/C9H9BrFNO/c1-5-7(10)3-2-6(9(5)11)8(13)4-12/h2-3H,4,12H2,1H3. The zero-order valence-electron chi connectivity index (χ0n) is 7.10. The van der Waals surface area contributed by atoms with Crippen LogP contribution in [0.15, 0.2) is 16.6 Å². The van der Waals surface area contributed by atoms with Crippen LogP contribution in [0, 0.1) is 12.7 Å². The Morgan fingerprint density at radius 3 is 2.77 bits per heavy atom. The molecule has 0 unspecified atom stereocenters. The molecule has 1 aromatic rings. The summed E-state index contributed by atoms with van der Waals surface area (Å²) in [7, 11) is 0. The Bertz CT molecular complexity index is 352. The lowest BCUT2D eigenvalue weighted by Crippen LogP contribution is -2.15. The number of carbonyl (C=O) groups is 1. The van der Waals surface area contributed by atoms with Gasteiger partial charge in [0.15, 0.2) is 5.78 Å². The minimum absolute atomic E-state index is 0.0585. The lowest BCUT2D eigenvalue weighted by Gasteiger charge is -2.04. The number of benzene rings is 1. The van der Waals surface area contributed by atoms with Crippen LogP contribution >= 0.6 is 15.9 Å². The van der Waals surface area contributed by atoms with Crippen molar-refractivity contribution in [3.05, 3.63) is 33.5 Å². The minimum atomic E-state index is -0.496. The first-order valence-corrected chi connectivity index (χ1v) is 4.55. The summed E-state index contributed by atoms with van der Waals surface area (Å²) in [5, 5.41) is 0. The van der Waals surface area contributed by atoms with E-state index in [1.807, 2.05) is 0 Å². The lowest BCUT2D eigenvalue weighted by molar-refractivity contribution is 0.0997. The summed E-state index contributed by atoms with van der Waals surface area (Å²) in [6, 6.07) is 3.07. The molecule has 2 N–H and O–H groups in total. The Morgan fingerprint density at radius 1 is 1.62 bits per heavy atom. The van der Waals surface area contributed by atoms with E-state index in [1.54, 1.807) is 13.0 Å². The van der Waals surface area contributed by atoms with Crippen molar-refractivity contribution in [1.82, 2.24) is 0 Å². The number of nitrogens with two attached hydrogens (primary N) is 1. The van der Waals surface area contributed by atoms with Crippen LogP contribution in [0.2, 0.25) is 0 Å². The molecule has 0 bridgehead atoms. The van der Waals surface area contributed by atoms with Crippen molar-refractivity contribution in [3.63, 3.8) is 0 Å². The average Bonchev–Trinajstić information content (AvgIpc) is 2.13. The molecule has 1 aromatic carbocycles. The van der Waals surface area contributed by atoms with Crippen LogP contribution in [-0.2, 0) is 0 Å². The third-order valence-corrected chi connectivity index (χ3v) is 2.67. The van der Waals surface area contributed by atoms with Crippen LogP contribution in [0.4, 0.5) is 4.39 Å². The molecule has 0 spiro atoms. The zero-order valence-corrected chi connectivity index (χ0v) is 8.69. The summed E-state index contributed by atoms with van der Waals surface area (Å²) in [6.45, 7) is 1.44. The highest BCUT2D eigenvalue weighted by molar-refractivity contribution is 9.10. The van der Waals surface area contributed by atoms with Crippen molar-refractivity contribution in [1.29, 1.82) is 0 Å². The molecule has 0 amide bonds. The minimum Gasteiger partial charge on any atom is -0.324 e. The van der Waals surface area contributed by atoms with E-state index in [0.717, 1.165) is 0 Å². The fourth-order valence-corrected chi connectivity index (χ4v) is 1.29. The van der Waals surface area contributed by atoms with Gasteiger partial charge in [-0.05, 0) is 24.6 Å². The smallest absolute Gasteiger partial charge is 0.179 e. The van der Waals surface area contributed by atoms with E-state index in [2.05, 4.69) is 15.9 Å². The zero-order chi connectivity index (χ0) is 10.0. The Hall–Kier alpha value is -0.740. The number of Topliss-reactive ketones (excluding diaryl/α,β-unsaturated/α-hetero) is 1. The van der Waals surface area contributed by atoms with Crippen LogP contribution in [0.1, 0.15) is 15.9 Å². The molecule has 0 aliphatic carbocycles. The Morgan fingerprint density at radius 2 is 2.23 bits per heavy atom. The molecule has 0 aromatic heterocycles. The van der Waals surface area contributed by atoms with Crippen LogP contribution in [0.5, 0.6) is 0 Å². The third-order valence-electron chi connectivity index (χ3n) is 1.81. The normalized spacial score (nSPS) is 10.2. The highest BCUT2D eigenvalue weighted by Gasteiger charge is 2.13. The van der Waals surface area contributed by atoms with E-state index < -0.39 is 5.82 Å². The lowest BCUT2D eigenvalue weighted by atomic mass is 10.1. The molecule has 4 heteroatoms. The van der Waals surface area contributed by atoms with E-state index in [1.165, 1.54) is 6.07 Å². The van der Waals surface area contributed by atoms with Crippen LogP contribution in [0.25, 0.3) is 0 Å². The van der Waals surface area contributed by atoms with Gasteiger partial charge in [-0.15, -0.1) is 0 Å². The summed E-state index contributed by atoms with van der Waals surface area (Å²) in [6.07, 6.45) is 0. The predicted molar refractivity (Wildman–Crippen MR) is 52.2 cm³/mol. The van der Waals surface area contributed by atoms with E-state index in [-0.39, 0.29) is 17.9 Å². The highest BCUT2D eigenvalue weighted by atomic mass is 79.9. The first-order chi connectivity index (χ1) is 6.07. The summed E-state index contributed by atoms with van der Waals surface area (Å²) >= 11 is 3.17. The fraction of sp³-hybridized carbons (Fsp3) is 0.222. The van der Waals surface area contributed by atoms with Gasteiger partial charge >= 0.3 is 0 Å². The van der Waals surface area contributed by atoms with Crippen molar-refractivity contribution in [2.75, 3.05) is 6.54 Å². The second-order valence-corrected chi connectivity index (χ2v) is 3.52. The Balaban J connectivity index is 3.26. The van der Waals surface area contributed by atoms with Gasteiger partial charge in [0.2, 0.25) is 0 Å². The SMILES string of the molecule is Cc1c(Br)ccc(C(=O)CN)c1F. The van der Waals surface area contributed by atoms with Crippen molar-refractivity contribution < 1.29 is 9.18 Å². The van der Waals surface area contributed by atoms with Gasteiger partial charge < -0.3 is 5.73 Å². The molecule has 0 fully saturated rings. The Labute approximate surface area is 84.1 Å². The second kappa shape index (κ2) is 3.98. The molecule has 2 nitrogen and oxygen atoms in total. The van der Waals surface area contributed by atoms with Crippen molar-refractivity contribution in [2.24, 2.45) is 5.73 Å². The van der Waals surface area contributed by atoms with Crippen LogP contribution in [-0.4, -0.2) is 12.3 Å². The number of hydrogen-bond acceptors (Lipinski definition) is 2. The highest BCUT2D eigenvalue weighted by Crippen LogP contribution is 2.21. The molecular weight excluding hydrogens is 237 g/mol. The van der Waals surface area contributed by atoms with E-state index in [0.29, 0.717) is 10.0 Å². The largest absolute Gasteiger partial charge is 0.324 e. The fourth-order valence-electron chi connectivity index (χ4n) is 0.987. The van der Waals surface area contributed by atoms with Crippen LogP contribution < -0.4 is 5.73 Å². The predicted octanol–water partition coefficient (Wildman–Crippen LogP) is 2.04. The summed E-state index contributed by atoms with van der Waals surface area (Å²) in [5.74, 6) is -0.877. The van der Waals surface area contributed by atoms with Gasteiger partial charge in [0.1, 0.15) is 5.82 Å². The van der Waals surface area contributed by atoms with Crippen molar-refractivity contribution >= 4 is 21.7 Å². The summed E-state index contributed by atoms with van der Waals surface area (Å²) < 4.78 is 14.0. The van der Waals surface area contributed by atoms with Gasteiger partial charge in [-0.2, -0.15) is 0 Å². The monoisotopic (exact) mass is 245 g/mol. The molecule has 70 valence electrons. The maximum atomic E-state index is 13.4. The molecular formula is C9H9BrFNO. The van der Waals surface area contributed by atoms with E-state index in [9.17, 15) is 9.18 Å². The van der Waals surface area contributed by atoms with Gasteiger partial charge in [-0.3, -0.25) is 4.79 Å². The number of ketones is 1. The molecule has 0 saturated carbocycles. The molecule has 0 aliphatic heterocycles. The third kappa shape index (κ3) is 1.95. The molecule has 0 aliphatic rings. The second-order valence-electron chi connectivity index (χ2n) is 2.66. The molecule has 0 atom stereocenters.